The number of amides is 1. The van der Waals surface area contributed by atoms with Crippen molar-refractivity contribution < 1.29 is 17.4 Å². The number of halogens is 3. The van der Waals surface area contributed by atoms with Crippen LogP contribution in [0, 0.1) is 18.3 Å². The Morgan fingerprint density at radius 3 is 2.12 bits per heavy atom. The first-order valence-corrected chi connectivity index (χ1v) is 13.1. The molecular weight excluding hydrogens is 640 g/mol. The van der Waals surface area contributed by atoms with Crippen molar-refractivity contribution in [3.05, 3.63) is 90.8 Å². The van der Waals surface area contributed by atoms with Gasteiger partial charge in [0.05, 0.1) is 8.95 Å². The average Bonchev–Trinajstić information content (AvgIpc) is 2.76. The largest absolute Gasteiger partial charge is 0.377 e. The molecule has 168 valence electrons. The highest BCUT2D eigenvalue weighted by molar-refractivity contribution is 9.11. The van der Waals surface area contributed by atoms with Gasteiger partial charge in [-0.1, -0.05) is 33.6 Å². The number of nitrogens with zero attached hydrogens (tertiary/aromatic N) is 1. The van der Waals surface area contributed by atoms with Gasteiger partial charge in [-0.2, -0.15) is 13.7 Å². The fourth-order valence-corrected chi connectivity index (χ4v) is 5.48. The molecule has 0 bridgehead atoms. The summed E-state index contributed by atoms with van der Waals surface area (Å²) in [5.74, 6) is -0.528. The molecule has 0 fully saturated rings. The molecule has 10 heteroatoms. The third-order valence-corrected chi connectivity index (χ3v) is 7.24. The van der Waals surface area contributed by atoms with Crippen LogP contribution in [-0.2, 0) is 14.9 Å². The van der Waals surface area contributed by atoms with Crippen molar-refractivity contribution in [2.24, 2.45) is 0 Å². The van der Waals surface area contributed by atoms with Crippen molar-refractivity contribution in [1.29, 1.82) is 5.26 Å². The summed E-state index contributed by atoms with van der Waals surface area (Å²) in [5.41, 5.74) is 1.82. The molecule has 0 aliphatic rings. The van der Waals surface area contributed by atoms with Crippen molar-refractivity contribution in [2.45, 2.75) is 11.8 Å². The van der Waals surface area contributed by atoms with Crippen molar-refractivity contribution in [3.63, 3.8) is 0 Å². The first-order chi connectivity index (χ1) is 15.6. The zero-order valence-electron chi connectivity index (χ0n) is 17.0. The Bertz CT molecular complexity index is 1360. The molecule has 0 aromatic heterocycles. The van der Waals surface area contributed by atoms with Crippen LogP contribution in [0.3, 0.4) is 0 Å². The first-order valence-electron chi connectivity index (χ1n) is 9.28. The van der Waals surface area contributed by atoms with Gasteiger partial charge in [0.25, 0.3) is 5.91 Å². The minimum atomic E-state index is -4.06. The third kappa shape index (κ3) is 6.54. The predicted molar refractivity (Wildman–Crippen MR) is 137 cm³/mol. The number of benzene rings is 3. The quantitative estimate of drug-likeness (QED) is 0.184. The van der Waals surface area contributed by atoms with Crippen LogP contribution in [0.5, 0.6) is 5.75 Å². The highest BCUT2D eigenvalue weighted by Gasteiger charge is 2.21. The van der Waals surface area contributed by atoms with E-state index in [0.29, 0.717) is 20.2 Å². The van der Waals surface area contributed by atoms with E-state index in [1.54, 1.807) is 48.5 Å². The molecule has 3 aromatic carbocycles. The monoisotopic (exact) mass is 652 g/mol. The van der Waals surface area contributed by atoms with Gasteiger partial charge in [-0.05, 0) is 99.0 Å². The molecule has 1 N–H and O–H groups in total. The number of anilines is 1. The maximum atomic E-state index is 12.6. The van der Waals surface area contributed by atoms with Gasteiger partial charge in [-0.25, -0.2) is 0 Å². The standard InChI is InChI=1S/C23H15Br3N2O4S/c1-14-2-8-19(9-3-14)33(30,31)32-22-20(25)11-15(12-21(22)26)10-16(13-27)23(29)28-18-6-4-17(24)5-7-18/h2-12H,1H3,(H,28,29)/b16-10-. The molecule has 0 spiro atoms. The lowest BCUT2D eigenvalue weighted by Gasteiger charge is -2.12. The van der Waals surface area contributed by atoms with Crippen LogP contribution in [0.4, 0.5) is 5.69 Å². The van der Waals surface area contributed by atoms with Crippen LogP contribution in [0.1, 0.15) is 11.1 Å². The maximum absolute atomic E-state index is 12.6. The van der Waals surface area contributed by atoms with Crippen molar-refractivity contribution >= 4 is 75.6 Å². The Kier molecular flexibility index (Phi) is 8.13. The first kappa shape index (κ1) is 25.2. The molecule has 0 atom stereocenters. The number of hydrogen-bond donors (Lipinski definition) is 1. The number of hydrogen-bond acceptors (Lipinski definition) is 5. The fraction of sp³-hybridized carbons (Fsp3) is 0.0435. The van der Waals surface area contributed by atoms with E-state index in [9.17, 15) is 18.5 Å². The molecule has 0 unspecified atom stereocenters. The maximum Gasteiger partial charge on any atom is 0.339 e. The summed E-state index contributed by atoms with van der Waals surface area (Å²) in [6.07, 6.45) is 1.39. The SMILES string of the molecule is Cc1ccc(S(=O)(=O)Oc2c(Br)cc(/C=C(/C#N)C(=O)Nc3ccc(Br)cc3)cc2Br)cc1. The van der Waals surface area contributed by atoms with Crippen molar-refractivity contribution in [1.82, 2.24) is 0 Å². The van der Waals surface area contributed by atoms with Crippen molar-refractivity contribution in [3.8, 4) is 11.8 Å². The second-order valence-corrected chi connectivity index (χ2v) is 11.0. The van der Waals surface area contributed by atoms with Crippen LogP contribution in [0.25, 0.3) is 6.08 Å². The summed E-state index contributed by atoms with van der Waals surface area (Å²) < 4.78 is 32.1. The van der Waals surface area contributed by atoms with Gasteiger partial charge >= 0.3 is 10.1 Å². The molecule has 6 nitrogen and oxygen atoms in total. The number of rotatable bonds is 6. The van der Waals surface area contributed by atoms with Crippen molar-refractivity contribution in [2.75, 3.05) is 5.32 Å². The summed E-state index contributed by atoms with van der Waals surface area (Å²) in [7, 11) is -4.06. The highest BCUT2D eigenvalue weighted by Crippen LogP contribution is 2.37. The smallest absolute Gasteiger partial charge is 0.339 e. The molecule has 0 saturated heterocycles. The zero-order valence-corrected chi connectivity index (χ0v) is 22.5. The summed E-state index contributed by atoms with van der Waals surface area (Å²) in [6, 6.07) is 18.2. The Labute approximate surface area is 216 Å². The van der Waals surface area contributed by atoms with Gasteiger partial charge in [-0.3, -0.25) is 4.79 Å². The molecule has 33 heavy (non-hydrogen) atoms. The molecule has 0 radical (unpaired) electrons. The minimum Gasteiger partial charge on any atom is -0.377 e. The zero-order chi connectivity index (χ0) is 24.2. The second kappa shape index (κ2) is 10.7. The van der Waals surface area contributed by atoms with E-state index in [0.717, 1.165) is 10.0 Å². The molecule has 3 rings (SSSR count). The number of carbonyl (C=O) groups excluding carboxylic acids is 1. The summed E-state index contributed by atoms with van der Waals surface area (Å²) in [6.45, 7) is 1.85. The Morgan fingerprint density at radius 2 is 1.58 bits per heavy atom. The van der Waals surface area contributed by atoms with Gasteiger partial charge < -0.3 is 9.50 Å². The Morgan fingerprint density at radius 1 is 1.00 bits per heavy atom. The second-order valence-electron chi connectivity index (χ2n) is 6.80. The van der Waals surface area contributed by atoms with Gasteiger partial charge in [0.2, 0.25) is 0 Å². The van der Waals surface area contributed by atoms with E-state index < -0.39 is 16.0 Å². The van der Waals surface area contributed by atoms with E-state index in [1.807, 2.05) is 13.0 Å². The number of carbonyl (C=O) groups is 1. The molecular formula is C23H15Br3N2O4S. The van der Waals surface area contributed by atoms with Crippen LogP contribution >= 0.6 is 47.8 Å². The molecule has 0 heterocycles. The lowest BCUT2D eigenvalue weighted by molar-refractivity contribution is -0.112. The summed E-state index contributed by atoms with van der Waals surface area (Å²) in [5, 5.41) is 12.1. The Hall–Kier alpha value is -2.45. The minimum absolute atomic E-state index is 0.0206. The van der Waals surface area contributed by atoms with E-state index >= 15 is 0 Å². The van der Waals surface area contributed by atoms with Crippen LogP contribution in [0.2, 0.25) is 0 Å². The normalized spacial score (nSPS) is 11.5. The third-order valence-electron chi connectivity index (χ3n) is 4.30. The topological polar surface area (TPSA) is 96.3 Å². The van der Waals surface area contributed by atoms with Gasteiger partial charge in [0.1, 0.15) is 16.5 Å². The molecule has 1 amide bonds. The fourth-order valence-electron chi connectivity index (χ4n) is 2.65. The van der Waals surface area contributed by atoms with Crippen LogP contribution < -0.4 is 9.50 Å². The lowest BCUT2D eigenvalue weighted by Crippen LogP contribution is -2.13. The molecule has 0 aliphatic carbocycles. The lowest BCUT2D eigenvalue weighted by atomic mass is 10.1. The van der Waals surface area contributed by atoms with E-state index in [4.69, 9.17) is 4.18 Å². The van der Waals surface area contributed by atoms with Crippen LogP contribution in [0.15, 0.2) is 84.6 Å². The highest BCUT2D eigenvalue weighted by atomic mass is 79.9. The summed E-state index contributed by atoms with van der Waals surface area (Å²) >= 11 is 9.93. The molecule has 0 aliphatic heterocycles. The van der Waals surface area contributed by atoms with E-state index in [2.05, 4.69) is 53.1 Å². The summed E-state index contributed by atoms with van der Waals surface area (Å²) in [4.78, 5) is 12.5. The Balaban J connectivity index is 1.85. The number of nitriles is 1. The van der Waals surface area contributed by atoms with E-state index in [-0.39, 0.29) is 16.2 Å². The molecule has 3 aromatic rings. The number of nitrogens with one attached hydrogen (secondary N) is 1. The van der Waals surface area contributed by atoms with Gasteiger partial charge in [0, 0.05) is 10.2 Å². The molecule has 0 saturated carbocycles. The van der Waals surface area contributed by atoms with E-state index in [1.165, 1.54) is 18.2 Å². The van der Waals surface area contributed by atoms with Gasteiger partial charge in [0.15, 0.2) is 5.75 Å². The average molecular weight is 655 g/mol. The number of aryl methyl sites for hydroxylation is 1. The van der Waals surface area contributed by atoms with Crippen LogP contribution in [-0.4, -0.2) is 14.3 Å². The predicted octanol–water partition coefficient (Wildman–Crippen LogP) is 6.60. The van der Waals surface area contributed by atoms with Gasteiger partial charge in [-0.15, -0.1) is 0 Å².